The summed E-state index contributed by atoms with van der Waals surface area (Å²) >= 11 is 1.56. The van der Waals surface area contributed by atoms with E-state index in [1.807, 2.05) is 72.8 Å². The zero-order chi connectivity index (χ0) is 24.0. The quantitative estimate of drug-likeness (QED) is 0.298. The molecule has 8 heteroatoms. The molecule has 0 spiro atoms. The number of aromatic nitrogens is 3. The molecular weight excluding hydrogens is 460 g/mol. The number of benzene rings is 3. The van der Waals surface area contributed by atoms with Crippen LogP contribution in [-0.4, -0.2) is 28.0 Å². The second-order valence-corrected chi connectivity index (χ2v) is 9.00. The molecule has 7 nitrogen and oxygen atoms in total. The zero-order valence-corrected chi connectivity index (χ0v) is 20.4. The van der Waals surface area contributed by atoms with E-state index in [2.05, 4.69) is 22.4 Å². The molecule has 0 saturated heterocycles. The number of nitrogens with zero attached hydrogens (tertiary/aromatic N) is 3. The van der Waals surface area contributed by atoms with E-state index >= 15 is 0 Å². The number of methoxy groups -OCH3 is 1. The maximum Gasteiger partial charge on any atom is 0.247 e. The van der Waals surface area contributed by atoms with Gasteiger partial charge in [-0.15, -0.1) is 10.2 Å². The van der Waals surface area contributed by atoms with Crippen molar-refractivity contribution in [2.45, 2.75) is 31.3 Å². The first-order valence-corrected chi connectivity index (χ1v) is 12.5. The zero-order valence-electron chi connectivity index (χ0n) is 19.6. The number of nitrogens with one attached hydrogen (secondary N) is 1. The number of thioether (sulfide) groups is 1. The Kier molecular flexibility index (Phi) is 6.99. The Morgan fingerprint density at radius 1 is 0.971 bits per heavy atom. The molecule has 0 aliphatic carbocycles. The van der Waals surface area contributed by atoms with Gasteiger partial charge in [-0.25, -0.2) is 0 Å². The first-order chi connectivity index (χ1) is 17.3. The maximum atomic E-state index is 6.46. The Hall–Kier alpha value is -3.78. The van der Waals surface area contributed by atoms with Crippen molar-refractivity contribution in [3.8, 4) is 28.6 Å². The Bertz CT molecular complexity index is 1300. The Balaban J connectivity index is 1.55. The molecule has 2 heterocycles. The number of rotatable bonds is 8. The van der Waals surface area contributed by atoms with Crippen LogP contribution in [-0.2, 0) is 6.61 Å². The summed E-state index contributed by atoms with van der Waals surface area (Å²) < 4.78 is 18.4. The van der Waals surface area contributed by atoms with E-state index in [4.69, 9.17) is 19.2 Å². The van der Waals surface area contributed by atoms with Crippen molar-refractivity contribution in [3.05, 3.63) is 83.9 Å². The molecule has 0 saturated carbocycles. The van der Waals surface area contributed by atoms with E-state index in [-0.39, 0.29) is 0 Å². The highest BCUT2D eigenvalue weighted by Gasteiger charge is 2.29. The summed E-state index contributed by atoms with van der Waals surface area (Å²) in [6, 6.07) is 23.7. The number of fused-ring (bicyclic) bond motifs is 3. The average molecular weight is 487 g/mol. The van der Waals surface area contributed by atoms with Crippen LogP contribution in [0.15, 0.2) is 78.0 Å². The number of hydrogen-bond donors (Lipinski definition) is 1. The van der Waals surface area contributed by atoms with Gasteiger partial charge in [0.15, 0.2) is 17.2 Å². The standard InChI is InChI=1S/C27H26N4O3S/c1-3-16-35-27-29-26-23(30-31-27)19-12-7-8-14-21(19)28-25(34-26)20-13-9-15-22(32-2)24(20)33-17-18-10-5-4-6-11-18/h4-15,25,28H,3,16-17H2,1-2H3/t25-/m0/s1. The molecule has 3 aromatic carbocycles. The molecule has 35 heavy (non-hydrogen) atoms. The molecule has 1 atom stereocenters. The molecule has 1 N–H and O–H groups in total. The van der Waals surface area contributed by atoms with Gasteiger partial charge in [-0.05, 0) is 30.2 Å². The van der Waals surface area contributed by atoms with Gasteiger partial charge >= 0.3 is 0 Å². The third-order valence-electron chi connectivity index (χ3n) is 5.51. The summed E-state index contributed by atoms with van der Waals surface area (Å²) in [7, 11) is 1.63. The van der Waals surface area contributed by atoms with E-state index in [0.717, 1.165) is 34.6 Å². The summed E-state index contributed by atoms with van der Waals surface area (Å²) in [5, 5.41) is 12.9. The summed E-state index contributed by atoms with van der Waals surface area (Å²) in [6.45, 7) is 2.52. The summed E-state index contributed by atoms with van der Waals surface area (Å²) in [6.07, 6.45) is 0.434. The van der Waals surface area contributed by atoms with Gasteiger partial charge in [0.25, 0.3) is 0 Å². The highest BCUT2D eigenvalue weighted by Crippen LogP contribution is 2.43. The predicted octanol–water partition coefficient (Wildman–Crippen LogP) is 6.13. The van der Waals surface area contributed by atoms with Crippen molar-refractivity contribution < 1.29 is 14.2 Å². The topological polar surface area (TPSA) is 78.4 Å². The number of para-hydroxylation sites is 2. The SMILES string of the molecule is CCCSc1nnc2c(n1)O[C@@H](c1cccc(OC)c1OCc1ccccc1)Nc1ccccc1-2. The first-order valence-electron chi connectivity index (χ1n) is 11.5. The number of anilines is 1. The molecule has 4 aromatic rings. The van der Waals surface area contributed by atoms with Crippen LogP contribution in [0.3, 0.4) is 0 Å². The molecule has 178 valence electrons. The summed E-state index contributed by atoms with van der Waals surface area (Å²) in [5.74, 6) is 2.57. The van der Waals surface area contributed by atoms with Gasteiger partial charge in [-0.1, -0.05) is 73.3 Å². The van der Waals surface area contributed by atoms with Gasteiger partial charge in [0.2, 0.25) is 17.3 Å². The molecule has 0 amide bonds. The van der Waals surface area contributed by atoms with E-state index in [1.54, 1.807) is 18.9 Å². The van der Waals surface area contributed by atoms with Gasteiger partial charge in [-0.3, -0.25) is 0 Å². The molecule has 0 unspecified atom stereocenters. The van der Waals surface area contributed by atoms with Gasteiger partial charge in [0.1, 0.15) is 6.61 Å². The lowest BCUT2D eigenvalue weighted by Gasteiger charge is -2.23. The molecule has 1 aliphatic heterocycles. The molecule has 1 aliphatic rings. The number of ether oxygens (including phenoxy) is 3. The van der Waals surface area contributed by atoms with E-state index < -0.39 is 6.23 Å². The van der Waals surface area contributed by atoms with E-state index in [0.29, 0.717) is 34.8 Å². The minimum atomic E-state index is -0.584. The van der Waals surface area contributed by atoms with E-state index in [1.165, 1.54) is 0 Å². The van der Waals surface area contributed by atoms with Gasteiger partial charge < -0.3 is 19.5 Å². The fourth-order valence-corrected chi connectivity index (χ4v) is 4.46. The van der Waals surface area contributed by atoms with Crippen LogP contribution in [0.25, 0.3) is 11.3 Å². The smallest absolute Gasteiger partial charge is 0.247 e. The molecule has 0 fully saturated rings. The molecule has 0 bridgehead atoms. The van der Waals surface area contributed by atoms with Gasteiger partial charge in [0.05, 0.1) is 12.7 Å². The van der Waals surface area contributed by atoms with Gasteiger partial charge in [-0.2, -0.15) is 4.98 Å². The van der Waals surface area contributed by atoms with Crippen molar-refractivity contribution in [3.63, 3.8) is 0 Å². The largest absolute Gasteiger partial charge is 0.493 e. The predicted molar refractivity (Wildman–Crippen MR) is 137 cm³/mol. The molecule has 0 radical (unpaired) electrons. The van der Waals surface area contributed by atoms with Crippen molar-refractivity contribution in [1.29, 1.82) is 0 Å². The van der Waals surface area contributed by atoms with Crippen molar-refractivity contribution in [2.75, 3.05) is 18.2 Å². The maximum absolute atomic E-state index is 6.46. The fraction of sp³-hybridized carbons (Fsp3) is 0.222. The summed E-state index contributed by atoms with van der Waals surface area (Å²) in [5.41, 5.74) is 4.21. The highest BCUT2D eigenvalue weighted by molar-refractivity contribution is 7.99. The second kappa shape index (κ2) is 10.7. The average Bonchev–Trinajstić information content (AvgIpc) is 3.07. The van der Waals surface area contributed by atoms with Crippen LogP contribution in [0, 0.1) is 0 Å². The van der Waals surface area contributed by atoms with Crippen LogP contribution >= 0.6 is 11.8 Å². The van der Waals surface area contributed by atoms with Crippen LogP contribution in [0.2, 0.25) is 0 Å². The minimum Gasteiger partial charge on any atom is -0.493 e. The lowest BCUT2D eigenvalue weighted by molar-refractivity contribution is 0.211. The first kappa shape index (κ1) is 23.0. The third-order valence-corrected chi connectivity index (χ3v) is 6.55. The van der Waals surface area contributed by atoms with Crippen molar-refractivity contribution in [1.82, 2.24) is 15.2 Å². The molecular formula is C27H26N4O3S. The van der Waals surface area contributed by atoms with E-state index in [9.17, 15) is 0 Å². The highest BCUT2D eigenvalue weighted by atomic mass is 32.2. The normalized spacial score (nSPS) is 14.1. The molecule has 5 rings (SSSR count). The monoisotopic (exact) mass is 486 g/mol. The fourth-order valence-electron chi connectivity index (χ4n) is 3.83. The number of hydrogen-bond acceptors (Lipinski definition) is 8. The van der Waals surface area contributed by atoms with Crippen molar-refractivity contribution >= 4 is 17.4 Å². The second-order valence-electron chi connectivity index (χ2n) is 7.94. The van der Waals surface area contributed by atoms with Crippen LogP contribution < -0.4 is 19.5 Å². The van der Waals surface area contributed by atoms with Gasteiger partial charge in [0, 0.05) is 17.0 Å². The lowest BCUT2D eigenvalue weighted by atomic mass is 10.1. The molecule has 1 aromatic heterocycles. The minimum absolute atomic E-state index is 0.398. The summed E-state index contributed by atoms with van der Waals surface area (Å²) in [4.78, 5) is 4.71. The van der Waals surface area contributed by atoms with Crippen LogP contribution in [0.4, 0.5) is 5.69 Å². The lowest BCUT2D eigenvalue weighted by Crippen LogP contribution is -2.18. The Labute approximate surface area is 208 Å². The Morgan fingerprint density at radius 3 is 2.63 bits per heavy atom. The third kappa shape index (κ3) is 5.02. The van der Waals surface area contributed by atoms with Crippen LogP contribution in [0.5, 0.6) is 17.4 Å². The van der Waals surface area contributed by atoms with Crippen molar-refractivity contribution in [2.24, 2.45) is 0 Å². The Morgan fingerprint density at radius 2 is 1.80 bits per heavy atom. The van der Waals surface area contributed by atoms with Crippen LogP contribution in [0.1, 0.15) is 30.7 Å².